The highest BCUT2D eigenvalue weighted by atomic mass is 32.2. The topological polar surface area (TPSA) is 46.6 Å². The Kier molecular flexibility index (Phi) is 5.76. The lowest BCUT2D eigenvalue weighted by atomic mass is 10.1. The summed E-state index contributed by atoms with van der Waals surface area (Å²) in [6.45, 7) is -0.696. The second-order valence-corrected chi connectivity index (χ2v) is 7.42. The van der Waals surface area contributed by atoms with E-state index < -0.39 is 45.3 Å². The molecule has 0 fully saturated rings. The summed E-state index contributed by atoms with van der Waals surface area (Å²) < 4.78 is 106. The van der Waals surface area contributed by atoms with E-state index in [0.29, 0.717) is 4.31 Å². The second kappa shape index (κ2) is 7.39. The molecule has 2 aromatic rings. The zero-order chi connectivity index (χ0) is 20.5. The van der Waals surface area contributed by atoms with Crippen molar-refractivity contribution in [2.45, 2.75) is 24.0 Å². The molecular weight excluding hydrogens is 400 g/mol. The first-order chi connectivity index (χ1) is 12.3. The first-order valence-corrected chi connectivity index (χ1v) is 8.72. The molecule has 0 aliphatic rings. The van der Waals surface area contributed by atoms with Gasteiger partial charge in [0.05, 0.1) is 5.56 Å². The van der Waals surface area contributed by atoms with E-state index >= 15 is 0 Å². The van der Waals surface area contributed by atoms with Crippen LogP contribution in [-0.4, -0.2) is 26.1 Å². The summed E-state index contributed by atoms with van der Waals surface area (Å²) in [5, 5.41) is 0. The monoisotopic (exact) mass is 413 g/mol. The van der Waals surface area contributed by atoms with Gasteiger partial charge in [0.15, 0.2) is 0 Å². The Bertz CT molecular complexity index is 909. The van der Waals surface area contributed by atoms with Gasteiger partial charge in [-0.3, -0.25) is 0 Å². The molecule has 148 valence electrons. The van der Waals surface area contributed by atoms with Gasteiger partial charge >= 0.3 is 12.5 Å². The minimum Gasteiger partial charge on any atom is -0.404 e. The highest BCUT2D eigenvalue weighted by Gasteiger charge is 2.36. The zero-order valence-corrected chi connectivity index (χ0v) is 14.5. The van der Waals surface area contributed by atoms with Crippen LogP contribution in [0.1, 0.15) is 11.1 Å². The predicted octanol–water partition coefficient (Wildman–Crippen LogP) is 4.42. The second-order valence-electron chi connectivity index (χ2n) is 5.41. The van der Waals surface area contributed by atoms with Gasteiger partial charge in [0.2, 0.25) is 10.0 Å². The Hall–Kier alpha value is -2.27. The molecule has 2 aromatic carbocycles. The Balaban J connectivity index is 2.40. The van der Waals surface area contributed by atoms with Gasteiger partial charge in [-0.1, -0.05) is 30.3 Å². The van der Waals surface area contributed by atoms with Gasteiger partial charge in [0, 0.05) is 13.6 Å². The Morgan fingerprint density at radius 1 is 0.926 bits per heavy atom. The van der Waals surface area contributed by atoms with Crippen molar-refractivity contribution in [3.05, 3.63) is 59.7 Å². The Morgan fingerprint density at radius 3 is 2.07 bits per heavy atom. The summed E-state index contributed by atoms with van der Waals surface area (Å²) in [7, 11) is -3.60. The van der Waals surface area contributed by atoms with Crippen LogP contribution in [0.5, 0.6) is 5.75 Å². The smallest absolute Gasteiger partial charge is 0.404 e. The van der Waals surface area contributed by atoms with Crippen molar-refractivity contribution in [1.29, 1.82) is 0 Å². The maximum absolute atomic E-state index is 13.1. The first-order valence-electron chi connectivity index (χ1n) is 7.28. The molecule has 0 radical (unpaired) electrons. The molecule has 0 amide bonds. The summed E-state index contributed by atoms with van der Waals surface area (Å²) >= 11 is 0. The van der Waals surface area contributed by atoms with Gasteiger partial charge in [-0.05, 0) is 23.8 Å². The quantitative estimate of drug-likeness (QED) is 0.682. The number of rotatable bonds is 5. The number of halogens is 6. The highest BCUT2D eigenvalue weighted by Crippen LogP contribution is 2.34. The molecule has 4 nitrogen and oxygen atoms in total. The molecule has 0 unspecified atom stereocenters. The van der Waals surface area contributed by atoms with Crippen molar-refractivity contribution in [2.75, 3.05) is 7.05 Å². The molecule has 27 heavy (non-hydrogen) atoms. The van der Waals surface area contributed by atoms with Gasteiger partial charge in [0.1, 0.15) is 10.6 Å². The third-order valence-electron chi connectivity index (χ3n) is 3.48. The fourth-order valence-electron chi connectivity index (χ4n) is 2.30. The maximum Gasteiger partial charge on any atom is 0.573 e. The van der Waals surface area contributed by atoms with Crippen LogP contribution < -0.4 is 4.74 Å². The molecule has 2 rings (SSSR count). The summed E-state index contributed by atoms with van der Waals surface area (Å²) in [5.41, 5.74) is -1.38. The molecule has 0 aromatic heterocycles. The van der Waals surface area contributed by atoms with Crippen LogP contribution in [0.25, 0.3) is 0 Å². The zero-order valence-electron chi connectivity index (χ0n) is 13.7. The average Bonchev–Trinajstić information content (AvgIpc) is 2.53. The van der Waals surface area contributed by atoms with Crippen molar-refractivity contribution in [3.8, 4) is 5.75 Å². The molecule has 0 saturated carbocycles. The van der Waals surface area contributed by atoms with Crippen molar-refractivity contribution in [2.24, 2.45) is 0 Å². The van der Waals surface area contributed by atoms with Crippen molar-refractivity contribution < 1.29 is 39.5 Å². The fraction of sp³-hybridized carbons (Fsp3) is 0.250. The third-order valence-corrected chi connectivity index (χ3v) is 5.32. The highest BCUT2D eigenvalue weighted by molar-refractivity contribution is 7.89. The van der Waals surface area contributed by atoms with Gasteiger partial charge in [-0.15, -0.1) is 13.2 Å². The number of para-hydroxylation sites is 1. The SMILES string of the molecule is CN(Cc1ccccc1C(F)(F)F)S(=O)(=O)c1ccccc1OC(F)(F)F. The molecule has 0 heterocycles. The maximum atomic E-state index is 13.1. The average molecular weight is 413 g/mol. The van der Waals surface area contributed by atoms with Crippen LogP contribution in [0.2, 0.25) is 0 Å². The van der Waals surface area contributed by atoms with E-state index in [2.05, 4.69) is 4.74 Å². The van der Waals surface area contributed by atoms with E-state index in [1.54, 1.807) is 0 Å². The fourth-order valence-corrected chi connectivity index (χ4v) is 3.56. The summed E-state index contributed by atoms with van der Waals surface area (Å²) in [5.74, 6) is -0.971. The Labute approximate surface area is 151 Å². The molecule has 0 aliphatic carbocycles. The first kappa shape index (κ1) is 21.0. The number of nitrogens with zero attached hydrogens (tertiary/aromatic N) is 1. The van der Waals surface area contributed by atoms with Crippen molar-refractivity contribution in [3.63, 3.8) is 0 Å². The lowest BCUT2D eigenvalue weighted by Crippen LogP contribution is -2.29. The number of sulfonamides is 1. The lowest BCUT2D eigenvalue weighted by molar-refractivity contribution is -0.275. The Morgan fingerprint density at radius 2 is 1.48 bits per heavy atom. The molecule has 0 spiro atoms. The summed E-state index contributed by atoms with van der Waals surface area (Å²) in [6, 6.07) is 8.32. The van der Waals surface area contributed by atoms with Gasteiger partial charge < -0.3 is 4.74 Å². The molecule has 0 bridgehead atoms. The normalized spacial score (nSPS) is 13.0. The van der Waals surface area contributed by atoms with E-state index in [0.717, 1.165) is 43.4 Å². The van der Waals surface area contributed by atoms with E-state index in [9.17, 15) is 34.8 Å². The van der Waals surface area contributed by atoms with Crippen LogP contribution in [-0.2, 0) is 22.7 Å². The predicted molar refractivity (Wildman–Crippen MR) is 83.2 cm³/mol. The minimum absolute atomic E-state index is 0.342. The molecule has 0 N–H and O–H groups in total. The van der Waals surface area contributed by atoms with E-state index in [-0.39, 0.29) is 5.56 Å². The van der Waals surface area contributed by atoms with E-state index in [1.807, 2.05) is 0 Å². The van der Waals surface area contributed by atoms with Gasteiger partial charge in [-0.2, -0.15) is 17.5 Å². The number of benzene rings is 2. The largest absolute Gasteiger partial charge is 0.573 e. The molecule has 11 heteroatoms. The minimum atomic E-state index is -5.13. The van der Waals surface area contributed by atoms with Gasteiger partial charge in [0.25, 0.3) is 0 Å². The number of hydrogen-bond donors (Lipinski definition) is 0. The summed E-state index contributed by atoms with van der Waals surface area (Å²) in [6.07, 6.45) is -9.84. The third kappa shape index (κ3) is 5.13. The van der Waals surface area contributed by atoms with Crippen LogP contribution in [0.15, 0.2) is 53.4 Å². The molecule has 0 saturated heterocycles. The number of hydrogen-bond acceptors (Lipinski definition) is 3. The summed E-state index contributed by atoms with van der Waals surface area (Å²) in [4.78, 5) is -0.811. The van der Waals surface area contributed by atoms with Crippen LogP contribution >= 0.6 is 0 Å². The lowest BCUT2D eigenvalue weighted by Gasteiger charge is -2.21. The van der Waals surface area contributed by atoms with Crippen LogP contribution in [0.3, 0.4) is 0 Å². The van der Waals surface area contributed by atoms with E-state index in [1.165, 1.54) is 12.1 Å². The van der Waals surface area contributed by atoms with Crippen LogP contribution in [0, 0.1) is 0 Å². The van der Waals surface area contributed by atoms with Crippen LogP contribution in [0.4, 0.5) is 26.3 Å². The van der Waals surface area contributed by atoms with Gasteiger partial charge in [-0.25, -0.2) is 8.42 Å². The molecule has 0 aliphatic heterocycles. The number of ether oxygens (including phenoxy) is 1. The van der Waals surface area contributed by atoms with E-state index in [4.69, 9.17) is 0 Å². The number of alkyl halides is 6. The molecular formula is C16H13F6NO3S. The standard InChI is InChI=1S/C16H13F6NO3S/c1-23(10-11-6-2-3-7-12(11)15(17,18)19)27(24,25)14-9-5-4-8-13(14)26-16(20,21)22/h2-9H,10H2,1H3. The van der Waals surface area contributed by atoms with Crippen molar-refractivity contribution >= 4 is 10.0 Å². The molecule has 0 atom stereocenters. The van der Waals surface area contributed by atoms with Crippen molar-refractivity contribution in [1.82, 2.24) is 4.31 Å².